The Balaban J connectivity index is 1.98. The summed E-state index contributed by atoms with van der Waals surface area (Å²) in [5.41, 5.74) is 3.45. The van der Waals surface area contributed by atoms with E-state index in [-0.39, 0.29) is 0 Å². The molecule has 0 radical (unpaired) electrons. The summed E-state index contributed by atoms with van der Waals surface area (Å²) in [6.07, 6.45) is 4.04. The van der Waals surface area contributed by atoms with Gasteiger partial charge in [-0.1, -0.05) is 18.2 Å². The lowest BCUT2D eigenvalue weighted by Gasteiger charge is -2.12. The van der Waals surface area contributed by atoms with E-state index in [4.69, 9.17) is 9.94 Å². The fraction of sp³-hybridized carbons (Fsp3) is 0.357. The molecule has 1 aliphatic heterocycles. The maximum atomic E-state index is 11.0. The number of hydrogen-bond acceptors (Lipinski definition) is 4. The topological polar surface area (TPSA) is 70.6 Å². The molecule has 5 nitrogen and oxygen atoms in total. The van der Waals surface area contributed by atoms with Crippen LogP contribution in [0.3, 0.4) is 0 Å². The molecule has 1 atom stereocenters. The Labute approximate surface area is 112 Å². The lowest BCUT2D eigenvalue weighted by Crippen LogP contribution is -2.15. The number of hydroxylamine groups is 1. The monoisotopic (exact) mass is 262 g/mol. The number of benzene rings is 1. The number of anilines is 1. The van der Waals surface area contributed by atoms with Crippen LogP contribution in [0.2, 0.25) is 0 Å². The van der Waals surface area contributed by atoms with E-state index in [2.05, 4.69) is 5.32 Å². The van der Waals surface area contributed by atoms with Crippen molar-refractivity contribution in [3.05, 3.63) is 35.9 Å². The minimum atomic E-state index is -0.543. The van der Waals surface area contributed by atoms with Crippen molar-refractivity contribution < 1.29 is 14.7 Å². The second-order valence-corrected chi connectivity index (χ2v) is 4.51. The molecule has 1 unspecified atom stereocenters. The second-order valence-electron chi connectivity index (χ2n) is 4.51. The molecule has 1 saturated heterocycles. The molecular formula is C14H18N2O3. The molecular weight excluding hydrogens is 244 g/mol. The molecule has 1 aliphatic rings. The van der Waals surface area contributed by atoms with Gasteiger partial charge in [0.25, 0.3) is 5.91 Å². The molecule has 0 saturated carbocycles. The van der Waals surface area contributed by atoms with Crippen LogP contribution >= 0.6 is 0 Å². The summed E-state index contributed by atoms with van der Waals surface area (Å²) < 4.78 is 5.33. The van der Waals surface area contributed by atoms with Crippen LogP contribution in [0.1, 0.15) is 12.0 Å². The third kappa shape index (κ3) is 4.08. The van der Waals surface area contributed by atoms with Gasteiger partial charge in [0.05, 0.1) is 6.61 Å². The highest BCUT2D eigenvalue weighted by atomic mass is 16.5. The van der Waals surface area contributed by atoms with E-state index in [1.807, 2.05) is 24.3 Å². The molecule has 1 amide bonds. The average molecular weight is 262 g/mol. The number of carbonyl (C=O) groups excluding carboxylic acids is 1. The Morgan fingerprint density at radius 1 is 1.47 bits per heavy atom. The van der Waals surface area contributed by atoms with Crippen molar-refractivity contribution in [3.8, 4) is 0 Å². The summed E-state index contributed by atoms with van der Waals surface area (Å²) in [5.74, 6) is -0.00299. The number of nitrogens with one attached hydrogen (secondary N) is 2. The van der Waals surface area contributed by atoms with Crippen molar-refractivity contribution in [1.29, 1.82) is 0 Å². The number of rotatable bonds is 5. The SMILES string of the molecule is O=C(/C=C/c1ccccc1NCC1CCOC1)NO. The first-order valence-electron chi connectivity index (χ1n) is 6.32. The summed E-state index contributed by atoms with van der Waals surface area (Å²) in [6.45, 7) is 2.50. The van der Waals surface area contributed by atoms with Crippen LogP contribution in [0.5, 0.6) is 0 Å². The van der Waals surface area contributed by atoms with Gasteiger partial charge in [0, 0.05) is 30.8 Å². The van der Waals surface area contributed by atoms with Crippen molar-refractivity contribution in [1.82, 2.24) is 5.48 Å². The first-order valence-corrected chi connectivity index (χ1v) is 6.32. The van der Waals surface area contributed by atoms with Crippen LogP contribution in [-0.2, 0) is 9.53 Å². The van der Waals surface area contributed by atoms with Crippen molar-refractivity contribution in [2.24, 2.45) is 5.92 Å². The van der Waals surface area contributed by atoms with Gasteiger partial charge in [0.2, 0.25) is 0 Å². The molecule has 0 aliphatic carbocycles. The van der Waals surface area contributed by atoms with Gasteiger partial charge in [-0.3, -0.25) is 10.0 Å². The van der Waals surface area contributed by atoms with E-state index in [1.165, 1.54) is 6.08 Å². The van der Waals surface area contributed by atoms with Gasteiger partial charge in [-0.05, 0) is 24.1 Å². The minimum absolute atomic E-state index is 0.540. The molecule has 1 aromatic carbocycles. The molecule has 19 heavy (non-hydrogen) atoms. The third-order valence-corrected chi connectivity index (χ3v) is 3.09. The summed E-state index contributed by atoms with van der Waals surface area (Å²) in [4.78, 5) is 11.0. The number of ether oxygens (including phenoxy) is 1. The average Bonchev–Trinajstić information content (AvgIpc) is 2.96. The van der Waals surface area contributed by atoms with Crippen LogP contribution in [0.25, 0.3) is 6.08 Å². The molecule has 102 valence electrons. The predicted octanol–water partition coefficient (Wildman–Crippen LogP) is 1.65. The van der Waals surface area contributed by atoms with Crippen LogP contribution in [-0.4, -0.2) is 30.9 Å². The zero-order valence-corrected chi connectivity index (χ0v) is 10.6. The highest BCUT2D eigenvalue weighted by Gasteiger charge is 2.15. The first-order chi connectivity index (χ1) is 9.29. The standard InChI is InChI=1S/C14H18N2O3/c17-14(16-18)6-5-12-3-1-2-4-13(12)15-9-11-7-8-19-10-11/h1-6,11,15,18H,7-10H2,(H,16,17)/b6-5+. The molecule has 3 N–H and O–H groups in total. The lowest BCUT2D eigenvalue weighted by atomic mass is 10.1. The maximum absolute atomic E-state index is 11.0. The Hall–Kier alpha value is -1.85. The second kappa shape index (κ2) is 6.92. The Bertz CT molecular complexity index is 454. The normalized spacial score (nSPS) is 18.7. The van der Waals surface area contributed by atoms with Gasteiger partial charge in [-0.25, -0.2) is 5.48 Å². The zero-order valence-electron chi connectivity index (χ0n) is 10.6. The van der Waals surface area contributed by atoms with Gasteiger partial charge in [0.15, 0.2) is 0 Å². The Morgan fingerprint density at radius 2 is 2.32 bits per heavy atom. The molecule has 1 fully saturated rings. The van der Waals surface area contributed by atoms with Crippen molar-refractivity contribution in [3.63, 3.8) is 0 Å². The van der Waals surface area contributed by atoms with Crippen molar-refractivity contribution >= 4 is 17.7 Å². The van der Waals surface area contributed by atoms with Crippen LogP contribution in [0, 0.1) is 5.92 Å². The molecule has 5 heteroatoms. The highest BCUT2D eigenvalue weighted by Crippen LogP contribution is 2.19. The van der Waals surface area contributed by atoms with E-state index in [9.17, 15) is 4.79 Å². The van der Waals surface area contributed by atoms with Crippen molar-refractivity contribution in [2.45, 2.75) is 6.42 Å². The fourth-order valence-corrected chi connectivity index (χ4v) is 2.00. The van der Waals surface area contributed by atoms with Crippen LogP contribution < -0.4 is 10.8 Å². The minimum Gasteiger partial charge on any atom is -0.384 e. The summed E-state index contributed by atoms with van der Waals surface area (Å²) >= 11 is 0. The summed E-state index contributed by atoms with van der Waals surface area (Å²) in [5, 5.41) is 11.8. The number of hydrogen-bond donors (Lipinski definition) is 3. The molecule has 0 aromatic heterocycles. The maximum Gasteiger partial charge on any atom is 0.267 e. The Kier molecular flexibility index (Phi) is 4.94. The smallest absolute Gasteiger partial charge is 0.267 e. The van der Waals surface area contributed by atoms with Gasteiger partial charge in [-0.15, -0.1) is 0 Å². The van der Waals surface area contributed by atoms with Crippen LogP contribution in [0.4, 0.5) is 5.69 Å². The van der Waals surface area contributed by atoms with Crippen molar-refractivity contribution in [2.75, 3.05) is 25.1 Å². The molecule has 1 aromatic rings. The number of amides is 1. The highest BCUT2D eigenvalue weighted by molar-refractivity contribution is 5.91. The van der Waals surface area contributed by atoms with E-state index in [0.29, 0.717) is 5.92 Å². The summed E-state index contributed by atoms with van der Waals surface area (Å²) in [7, 11) is 0. The predicted molar refractivity (Wildman–Crippen MR) is 72.8 cm³/mol. The van der Waals surface area contributed by atoms with Gasteiger partial charge < -0.3 is 10.1 Å². The van der Waals surface area contributed by atoms with Crippen LogP contribution in [0.15, 0.2) is 30.3 Å². The van der Waals surface area contributed by atoms with E-state index in [1.54, 1.807) is 11.6 Å². The molecule has 1 heterocycles. The number of para-hydroxylation sites is 1. The van der Waals surface area contributed by atoms with E-state index < -0.39 is 5.91 Å². The quantitative estimate of drug-likeness (QED) is 0.429. The largest absolute Gasteiger partial charge is 0.384 e. The van der Waals surface area contributed by atoms with E-state index >= 15 is 0 Å². The lowest BCUT2D eigenvalue weighted by molar-refractivity contribution is -0.124. The van der Waals surface area contributed by atoms with Gasteiger partial charge >= 0.3 is 0 Å². The van der Waals surface area contributed by atoms with Gasteiger partial charge in [-0.2, -0.15) is 0 Å². The van der Waals surface area contributed by atoms with E-state index in [0.717, 1.165) is 37.4 Å². The number of carbonyl (C=O) groups is 1. The zero-order chi connectivity index (χ0) is 13.5. The molecule has 0 spiro atoms. The first kappa shape index (κ1) is 13.6. The Morgan fingerprint density at radius 3 is 3.05 bits per heavy atom. The van der Waals surface area contributed by atoms with Gasteiger partial charge in [0.1, 0.15) is 0 Å². The third-order valence-electron chi connectivity index (χ3n) is 3.09. The molecule has 0 bridgehead atoms. The summed E-state index contributed by atoms with van der Waals surface area (Å²) in [6, 6.07) is 7.72. The fourth-order valence-electron chi connectivity index (χ4n) is 2.00. The molecule has 2 rings (SSSR count).